The van der Waals surface area contributed by atoms with Crippen LogP contribution in [0.5, 0.6) is 0 Å². The lowest BCUT2D eigenvalue weighted by Crippen LogP contribution is -2.51. The molecule has 0 fully saturated rings. The minimum atomic E-state index is -0.690. The van der Waals surface area contributed by atoms with E-state index in [0.717, 1.165) is 6.42 Å². The number of carbonyl (C=O) groups is 2. The van der Waals surface area contributed by atoms with Crippen LogP contribution >= 0.6 is 11.3 Å². The maximum absolute atomic E-state index is 13.0. The van der Waals surface area contributed by atoms with E-state index in [0.29, 0.717) is 22.2 Å². The van der Waals surface area contributed by atoms with Gasteiger partial charge in [0.25, 0.3) is 0 Å². The van der Waals surface area contributed by atoms with E-state index < -0.39 is 12.1 Å². The van der Waals surface area contributed by atoms with Crippen LogP contribution in [0, 0.1) is 11.7 Å². The zero-order chi connectivity index (χ0) is 19.1. The van der Waals surface area contributed by atoms with Crippen molar-refractivity contribution in [1.82, 2.24) is 20.8 Å². The van der Waals surface area contributed by atoms with Crippen LogP contribution in [0.1, 0.15) is 27.2 Å². The molecular weight excluding hydrogens is 357 g/mol. The Morgan fingerprint density at radius 1 is 1.19 bits per heavy atom. The number of nitrogens with zero attached hydrogens (tertiary/aromatic N) is 2. The highest BCUT2D eigenvalue weighted by Gasteiger charge is 2.26. The Morgan fingerprint density at radius 2 is 1.88 bits per heavy atom. The summed E-state index contributed by atoms with van der Waals surface area (Å²) in [6, 6.07) is 4.79. The van der Waals surface area contributed by atoms with Crippen LogP contribution in [0.3, 0.4) is 0 Å². The molecule has 0 aliphatic heterocycles. The molecule has 1 heterocycles. The standard InChI is InChI=1S/C17H22FN5O2S/c1-4-10(3)13(20-16(25)19-5-2)14(24)21-17-23-22-15(26-17)11-6-8-12(18)9-7-11/h6-10,13H,4-5H2,1-3H3,(H2,19,20,25)(H,21,23,24). The molecule has 2 atom stereocenters. The molecule has 26 heavy (non-hydrogen) atoms. The molecule has 3 amide bonds. The van der Waals surface area contributed by atoms with Gasteiger partial charge >= 0.3 is 6.03 Å². The van der Waals surface area contributed by atoms with Crippen LogP contribution in [0.25, 0.3) is 10.6 Å². The summed E-state index contributed by atoms with van der Waals surface area (Å²) in [6.07, 6.45) is 0.724. The first-order valence-corrected chi connectivity index (χ1v) is 9.20. The Kier molecular flexibility index (Phi) is 7.02. The summed E-state index contributed by atoms with van der Waals surface area (Å²) in [5.74, 6) is -0.742. The van der Waals surface area contributed by atoms with Crippen molar-refractivity contribution in [2.45, 2.75) is 33.2 Å². The molecule has 9 heteroatoms. The summed E-state index contributed by atoms with van der Waals surface area (Å²) < 4.78 is 13.0. The highest BCUT2D eigenvalue weighted by molar-refractivity contribution is 7.18. The predicted octanol–water partition coefficient (Wildman–Crippen LogP) is 3.02. The molecule has 3 N–H and O–H groups in total. The fourth-order valence-corrected chi connectivity index (χ4v) is 2.97. The van der Waals surface area contributed by atoms with Crippen molar-refractivity contribution in [3.63, 3.8) is 0 Å². The lowest BCUT2D eigenvalue weighted by atomic mass is 9.98. The highest BCUT2D eigenvalue weighted by atomic mass is 32.1. The van der Waals surface area contributed by atoms with Gasteiger partial charge in [-0.25, -0.2) is 9.18 Å². The number of rotatable bonds is 7. The molecule has 1 aromatic carbocycles. The maximum atomic E-state index is 13.0. The third-order valence-electron chi connectivity index (χ3n) is 3.87. The molecule has 0 radical (unpaired) electrons. The van der Waals surface area contributed by atoms with Gasteiger partial charge < -0.3 is 10.6 Å². The molecule has 0 saturated heterocycles. The van der Waals surface area contributed by atoms with Crippen molar-refractivity contribution >= 4 is 28.4 Å². The van der Waals surface area contributed by atoms with E-state index in [1.165, 1.54) is 23.5 Å². The quantitative estimate of drug-likeness (QED) is 0.689. The van der Waals surface area contributed by atoms with Crippen LogP contribution in [-0.4, -0.2) is 34.7 Å². The van der Waals surface area contributed by atoms with E-state index >= 15 is 0 Å². The van der Waals surface area contributed by atoms with Gasteiger partial charge in [0, 0.05) is 12.1 Å². The lowest BCUT2D eigenvalue weighted by molar-refractivity contribution is -0.119. The van der Waals surface area contributed by atoms with Crippen LogP contribution < -0.4 is 16.0 Å². The normalized spacial score (nSPS) is 12.9. The average Bonchev–Trinajstić information content (AvgIpc) is 3.08. The Labute approximate surface area is 155 Å². The Balaban J connectivity index is 2.08. The largest absolute Gasteiger partial charge is 0.338 e. The Hall–Kier alpha value is -2.55. The third kappa shape index (κ3) is 5.22. The molecule has 0 spiro atoms. The van der Waals surface area contributed by atoms with Crippen molar-refractivity contribution in [1.29, 1.82) is 0 Å². The number of aromatic nitrogens is 2. The molecule has 140 valence electrons. The van der Waals surface area contributed by atoms with Crippen molar-refractivity contribution in [3.05, 3.63) is 30.1 Å². The van der Waals surface area contributed by atoms with E-state index in [1.807, 2.05) is 13.8 Å². The second-order valence-electron chi connectivity index (χ2n) is 5.78. The lowest BCUT2D eigenvalue weighted by Gasteiger charge is -2.22. The van der Waals surface area contributed by atoms with Gasteiger partial charge in [0.2, 0.25) is 11.0 Å². The number of hydrogen-bond donors (Lipinski definition) is 3. The SMILES string of the molecule is CCNC(=O)NC(C(=O)Nc1nnc(-c2ccc(F)cc2)s1)C(C)CC. The molecule has 1 aromatic heterocycles. The van der Waals surface area contributed by atoms with E-state index in [-0.39, 0.29) is 17.6 Å². The van der Waals surface area contributed by atoms with Crippen LogP contribution in [0.2, 0.25) is 0 Å². The van der Waals surface area contributed by atoms with Crippen molar-refractivity contribution in [2.75, 3.05) is 11.9 Å². The summed E-state index contributed by atoms with van der Waals surface area (Å²) in [5, 5.41) is 16.9. The number of carbonyl (C=O) groups excluding carboxylic acids is 2. The van der Waals surface area contributed by atoms with Gasteiger partial charge in [-0.15, -0.1) is 10.2 Å². The summed E-state index contributed by atoms with van der Waals surface area (Å²) in [5.41, 5.74) is 0.711. The number of benzene rings is 1. The molecule has 2 aromatic rings. The molecule has 7 nitrogen and oxygen atoms in total. The summed E-state index contributed by atoms with van der Waals surface area (Å²) >= 11 is 1.18. The topological polar surface area (TPSA) is 96.0 Å². The highest BCUT2D eigenvalue weighted by Crippen LogP contribution is 2.26. The van der Waals surface area contributed by atoms with Crippen LogP contribution in [-0.2, 0) is 4.79 Å². The van der Waals surface area contributed by atoms with Gasteiger partial charge in [0.1, 0.15) is 16.9 Å². The van der Waals surface area contributed by atoms with E-state index in [1.54, 1.807) is 19.1 Å². The van der Waals surface area contributed by atoms with Gasteiger partial charge in [0.05, 0.1) is 0 Å². The van der Waals surface area contributed by atoms with E-state index in [9.17, 15) is 14.0 Å². The molecule has 0 bridgehead atoms. The van der Waals surface area contributed by atoms with Crippen LogP contribution in [0.4, 0.5) is 14.3 Å². The average molecular weight is 379 g/mol. The molecule has 0 aliphatic rings. The first-order chi connectivity index (χ1) is 12.4. The Bertz CT molecular complexity index is 750. The van der Waals surface area contributed by atoms with Crippen molar-refractivity contribution in [3.8, 4) is 10.6 Å². The minimum absolute atomic E-state index is 0.0536. The summed E-state index contributed by atoms with van der Waals surface area (Å²) in [7, 11) is 0. The first-order valence-electron chi connectivity index (χ1n) is 8.39. The number of amides is 3. The van der Waals surface area contributed by atoms with Gasteiger partial charge in [-0.1, -0.05) is 31.6 Å². The summed E-state index contributed by atoms with van der Waals surface area (Å²) in [6.45, 7) is 6.11. The minimum Gasteiger partial charge on any atom is -0.338 e. The maximum Gasteiger partial charge on any atom is 0.315 e. The molecule has 0 aliphatic carbocycles. The smallest absolute Gasteiger partial charge is 0.315 e. The zero-order valence-electron chi connectivity index (χ0n) is 14.9. The Morgan fingerprint density at radius 3 is 2.50 bits per heavy atom. The van der Waals surface area contributed by atoms with Gasteiger partial charge in [-0.05, 0) is 37.1 Å². The van der Waals surface area contributed by atoms with E-state index in [2.05, 4.69) is 26.1 Å². The second kappa shape index (κ2) is 9.23. The fourth-order valence-electron chi connectivity index (χ4n) is 2.22. The van der Waals surface area contributed by atoms with Gasteiger partial charge in [0.15, 0.2) is 0 Å². The number of halogens is 1. The number of hydrogen-bond acceptors (Lipinski definition) is 5. The summed E-state index contributed by atoms with van der Waals surface area (Å²) in [4.78, 5) is 24.4. The second-order valence-corrected chi connectivity index (χ2v) is 6.75. The number of urea groups is 1. The van der Waals surface area contributed by atoms with Crippen molar-refractivity contribution in [2.24, 2.45) is 5.92 Å². The van der Waals surface area contributed by atoms with Gasteiger partial charge in [-0.2, -0.15) is 0 Å². The molecule has 2 rings (SSSR count). The molecule has 0 saturated carbocycles. The molecular formula is C17H22FN5O2S. The zero-order valence-corrected chi connectivity index (χ0v) is 15.7. The number of nitrogens with one attached hydrogen (secondary N) is 3. The van der Waals surface area contributed by atoms with Crippen LogP contribution in [0.15, 0.2) is 24.3 Å². The monoisotopic (exact) mass is 379 g/mol. The third-order valence-corrected chi connectivity index (χ3v) is 4.75. The van der Waals surface area contributed by atoms with Crippen molar-refractivity contribution < 1.29 is 14.0 Å². The number of anilines is 1. The van der Waals surface area contributed by atoms with Gasteiger partial charge in [-0.3, -0.25) is 10.1 Å². The molecule has 2 unspecified atom stereocenters. The first kappa shape index (κ1) is 19.8. The fraction of sp³-hybridized carbons (Fsp3) is 0.412. The van der Waals surface area contributed by atoms with E-state index in [4.69, 9.17) is 0 Å². The predicted molar refractivity (Wildman–Crippen MR) is 99.4 cm³/mol.